The molecule has 134 valence electrons. The van der Waals surface area contributed by atoms with Crippen LogP contribution in [0.5, 0.6) is 0 Å². The fourth-order valence-electron chi connectivity index (χ4n) is 2.49. The zero-order valence-corrected chi connectivity index (χ0v) is 16.1. The Morgan fingerprint density at radius 1 is 1.15 bits per heavy atom. The van der Waals surface area contributed by atoms with Gasteiger partial charge in [0.05, 0.1) is 4.88 Å². The first-order valence-corrected chi connectivity index (χ1v) is 9.57. The largest absolute Gasteiger partial charge is 0.436 e. The molecule has 0 saturated heterocycles. The first-order valence-electron chi connectivity index (χ1n) is 7.91. The summed E-state index contributed by atoms with van der Waals surface area (Å²) in [6.07, 6.45) is 0. The van der Waals surface area contributed by atoms with Crippen LogP contribution >= 0.6 is 35.2 Å². The lowest BCUT2D eigenvalue weighted by Crippen LogP contribution is -2.33. The second-order valence-corrected chi connectivity index (χ2v) is 7.39. The van der Waals surface area contributed by atoms with Crippen LogP contribution in [0.15, 0.2) is 64.4 Å². The van der Waals surface area contributed by atoms with Crippen LogP contribution in [0.2, 0.25) is 5.02 Å². The zero-order chi connectivity index (χ0) is 18.8. The quantitative estimate of drug-likeness (QED) is 0.444. The molecule has 0 saturated carbocycles. The molecule has 1 amide bonds. The fourth-order valence-corrected chi connectivity index (χ4v) is 3.48. The molecule has 5 nitrogen and oxygen atoms in total. The highest BCUT2D eigenvalue weighted by atomic mass is 35.5. The van der Waals surface area contributed by atoms with Crippen molar-refractivity contribution in [2.45, 2.75) is 0 Å². The lowest BCUT2D eigenvalue weighted by atomic mass is 10.2. The number of fused-ring (bicyclic) bond motifs is 1. The number of carbonyl (C=O) groups is 1. The smallest absolute Gasteiger partial charge is 0.267 e. The standard InChI is InChI=1S/C19H12ClN3O2S2/c20-12-6-7-15-14(10-12)22-18(25-15)11-3-1-4-13(9-11)21-19(26)23-17(24)16-5-2-8-27-16/h1-10H,(H2,21,23,24,26). The van der Waals surface area contributed by atoms with E-state index in [4.69, 9.17) is 28.2 Å². The molecule has 0 fully saturated rings. The molecule has 2 heterocycles. The number of thiocarbonyl (C=S) groups is 1. The number of nitrogens with zero attached hydrogens (tertiary/aromatic N) is 1. The normalized spacial score (nSPS) is 10.7. The maximum atomic E-state index is 12.1. The van der Waals surface area contributed by atoms with E-state index < -0.39 is 0 Å². The molecular formula is C19H12ClN3O2S2. The number of hydrogen-bond donors (Lipinski definition) is 2. The summed E-state index contributed by atoms with van der Waals surface area (Å²) in [7, 11) is 0. The lowest BCUT2D eigenvalue weighted by molar-refractivity contribution is 0.0981. The van der Waals surface area contributed by atoms with E-state index in [0.29, 0.717) is 32.6 Å². The second kappa shape index (κ2) is 7.48. The van der Waals surface area contributed by atoms with E-state index in [2.05, 4.69) is 15.6 Å². The van der Waals surface area contributed by atoms with Gasteiger partial charge in [0.1, 0.15) is 5.52 Å². The Hall–Kier alpha value is -2.74. The van der Waals surface area contributed by atoms with Crippen LogP contribution in [0.25, 0.3) is 22.6 Å². The van der Waals surface area contributed by atoms with Crippen molar-refractivity contribution < 1.29 is 9.21 Å². The summed E-state index contributed by atoms with van der Waals surface area (Å²) in [6, 6.07) is 16.3. The van der Waals surface area contributed by atoms with Gasteiger partial charge in [-0.15, -0.1) is 11.3 Å². The van der Waals surface area contributed by atoms with Gasteiger partial charge in [-0.05, 0) is 60.1 Å². The molecule has 2 aromatic carbocycles. The number of carbonyl (C=O) groups excluding carboxylic acids is 1. The fraction of sp³-hybridized carbons (Fsp3) is 0. The van der Waals surface area contributed by atoms with Gasteiger partial charge < -0.3 is 9.73 Å². The van der Waals surface area contributed by atoms with Gasteiger partial charge in [-0.25, -0.2) is 4.98 Å². The predicted molar refractivity (Wildman–Crippen MR) is 112 cm³/mol. The van der Waals surface area contributed by atoms with Gasteiger partial charge in [0.2, 0.25) is 5.89 Å². The molecule has 0 bridgehead atoms. The Bertz CT molecular complexity index is 1140. The first kappa shape index (κ1) is 17.7. The third-order valence-electron chi connectivity index (χ3n) is 3.69. The van der Waals surface area contributed by atoms with Gasteiger partial charge in [0.25, 0.3) is 5.91 Å². The number of anilines is 1. The minimum absolute atomic E-state index is 0.217. The Balaban J connectivity index is 1.51. The molecule has 8 heteroatoms. The number of aromatic nitrogens is 1. The number of benzene rings is 2. The van der Waals surface area contributed by atoms with E-state index >= 15 is 0 Å². The van der Waals surface area contributed by atoms with Gasteiger partial charge >= 0.3 is 0 Å². The Labute approximate surface area is 169 Å². The minimum atomic E-state index is -0.241. The van der Waals surface area contributed by atoms with E-state index in [0.717, 1.165) is 5.56 Å². The molecule has 2 aromatic heterocycles. The van der Waals surface area contributed by atoms with Crippen LogP contribution < -0.4 is 10.6 Å². The number of rotatable bonds is 3. The van der Waals surface area contributed by atoms with Crippen molar-refractivity contribution in [3.05, 3.63) is 69.9 Å². The molecule has 27 heavy (non-hydrogen) atoms. The topological polar surface area (TPSA) is 67.2 Å². The molecule has 0 aliphatic rings. The number of halogens is 1. The lowest BCUT2D eigenvalue weighted by Gasteiger charge is -2.09. The third kappa shape index (κ3) is 4.00. The molecule has 0 radical (unpaired) electrons. The monoisotopic (exact) mass is 413 g/mol. The molecular weight excluding hydrogens is 402 g/mol. The van der Waals surface area contributed by atoms with Crippen LogP contribution in [0.1, 0.15) is 9.67 Å². The Morgan fingerprint density at radius 3 is 2.85 bits per heavy atom. The molecule has 0 aliphatic carbocycles. The molecule has 0 aliphatic heterocycles. The van der Waals surface area contributed by atoms with Gasteiger partial charge in [0.15, 0.2) is 10.7 Å². The van der Waals surface area contributed by atoms with Crippen molar-refractivity contribution in [2.24, 2.45) is 0 Å². The Kier molecular flexibility index (Phi) is 4.89. The average Bonchev–Trinajstić information content (AvgIpc) is 3.31. The molecule has 4 rings (SSSR count). The number of thiophene rings is 1. The van der Waals surface area contributed by atoms with Crippen LogP contribution in [0, 0.1) is 0 Å². The maximum Gasteiger partial charge on any atom is 0.267 e. The van der Waals surface area contributed by atoms with Crippen molar-refractivity contribution in [3.63, 3.8) is 0 Å². The highest BCUT2D eigenvalue weighted by molar-refractivity contribution is 7.80. The summed E-state index contributed by atoms with van der Waals surface area (Å²) in [5, 5.41) is 8.31. The molecule has 0 spiro atoms. The van der Waals surface area contributed by atoms with Crippen molar-refractivity contribution in [1.82, 2.24) is 10.3 Å². The van der Waals surface area contributed by atoms with Crippen LogP contribution in [0.4, 0.5) is 5.69 Å². The molecule has 2 N–H and O–H groups in total. The second-order valence-electron chi connectivity index (χ2n) is 5.60. The predicted octanol–water partition coefficient (Wildman–Crippen LogP) is 5.34. The van der Waals surface area contributed by atoms with Gasteiger partial charge in [-0.2, -0.15) is 0 Å². The Morgan fingerprint density at radius 2 is 2.04 bits per heavy atom. The van der Waals surface area contributed by atoms with Crippen molar-refractivity contribution >= 4 is 63.0 Å². The minimum Gasteiger partial charge on any atom is -0.436 e. The van der Waals surface area contributed by atoms with Crippen LogP contribution in [0.3, 0.4) is 0 Å². The summed E-state index contributed by atoms with van der Waals surface area (Å²) >= 11 is 12.6. The van der Waals surface area contributed by atoms with E-state index in [1.54, 1.807) is 24.3 Å². The zero-order valence-electron chi connectivity index (χ0n) is 13.7. The van der Waals surface area contributed by atoms with Gasteiger partial charge in [-0.3, -0.25) is 10.1 Å². The SMILES string of the molecule is O=C(NC(=S)Nc1cccc(-c2nc3cc(Cl)ccc3o2)c1)c1cccs1. The number of nitrogens with one attached hydrogen (secondary N) is 2. The summed E-state index contributed by atoms with van der Waals surface area (Å²) in [5.41, 5.74) is 2.84. The molecule has 4 aromatic rings. The van der Waals surface area contributed by atoms with Crippen molar-refractivity contribution in [2.75, 3.05) is 5.32 Å². The first-order chi connectivity index (χ1) is 13.1. The van der Waals surface area contributed by atoms with Crippen molar-refractivity contribution in [3.8, 4) is 11.5 Å². The maximum absolute atomic E-state index is 12.1. The highest BCUT2D eigenvalue weighted by Gasteiger charge is 2.11. The summed E-state index contributed by atoms with van der Waals surface area (Å²) < 4.78 is 5.78. The third-order valence-corrected chi connectivity index (χ3v) is 5.00. The summed E-state index contributed by atoms with van der Waals surface area (Å²) in [4.78, 5) is 17.1. The van der Waals surface area contributed by atoms with E-state index in [1.807, 2.05) is 35.7 Å². The number of oxazole rings is 1. The van der Waals surface area contributed by atoms with E-state index in [1.165, 1.54) is 11.3 Å². The van der Waals surface area contributed by atoms with E-state index in [9.17, 15) is 4.79 Å². The van der Waals surface area contributed by atoms with E-state index in [-0.39, 0.29) is 11.0 Å². The van der Waals surface area contributed by atoms with Crippen LogP contribution in [-0.2, 0) is 0 Å². The van der Waals surface area contributed by atoms with Gasteiger partial charge in [-0.1, -0.05) is 23.7 Å². The number of hydrogen-bond acceptors (Lipinski definition) is 5. The number of amides is 1. The molecule has 0 unspecified atom stereocenters. The molecule has 0 atom stereocenters. The van der Waals surface area contributed by atoms with Gasteiger partial charge in [0, 0.05) is 16.3 Å². The average molecular weight is 414 g/mol. The van der Waals surface area contributed by atoms with Crippen molar-refractivity contribution in [1.29, 1.82) is 0 Å². The summed E-state index contributed by atoms with van der Waals surface area (Å²) in [5.74, 6) is 0.235. The summed E-state index contributed by atoms with van der Waals surface area (Å²) in [6.45, 7) is 0. The van der Waals surface area contributed by atoms with Crippen LogP contribution in [-0.4, -0.2) is 16.0 Å². The highest BCUT2D eigenvalue weighted by Crippen LogP contribution is 2.27.